The summed E-state index contributed by atoms with van der Waals surface area (Å²) in [6.07, 6.45) is 2.90. The standard InChI is InChI=1S/C14H20N4O/c1-10(15)3-6-14(19)18(2)8-11-4-5-12-13(7-11)17-9-16-12/h4-5,7,9-10H,3,6,8,15H2,1-2H3,(H,16,17). The van der Waals surface area contributed by atoms with Crippen molar-refractivity contribution in [3.8, 4) is 0 Å². The van der Waals surface area contributed by atoms with Crippen molar-refractivity contribution in [2.24, 2.45) is 5.73 Å². The number of hydrogen-bond acceptors (Lipinski definition) is 3. The van der Waals surface area contributed by atoms with E-state index in [1.54, 1.807) is 11.2 Å². The Hall–Kier alpha value is -1.88. The lowest BCUT2D eigenvalue weighted by Gasteiger charge is -2.18. The van der Waals surface area contributed by atoms with Crippen LogP contribution in [0.25, 0.3) is 11.0 Å². The van der Waals surface area contributed by atoms with Gasteiger partial charge in [-0.2, -0.15) is 0 Å². The van der Waals surface area contributed by atoms with Crippen LogP contribution < -0.4 is 5.73 Å². The van der Waals surface area contributed by atoms with Gasteiger partial charge in [-0.15, -0.1) is 0 Å². The maximum atomic E-state index is 11.9. The fourth-order valence-electron chi connectivity index (χ4n) is 1.99. The van der Waals surface area contributed by atoms with Gasteiger partial charge in [-0.1, -0.05) is 6.07 Å². The molecule has 0 saturated carbocycles. The van der Waals surface area contributed by atoms with Gasteiger partial charge in [-0.05, 0) is 31.0 Å². The second kappa shape index (κ2) is 5.84. The second-order valence-corrected chi connectivity index (χ2v) is 5.02. The van der Waals surface area contributed by atoms with Crippen LogP contribution in [0.2, 0.25) is 0 Å². The van der Waals surface area contributed by atoms with E-state index in [1.807, 2.05) is 32.2 Å². The van der Waals surface area contributed by atoms with Gasteiger partial charge in [0.2, 0.25) is 5.91 Å². The van der Waals surface area contributed by atoms with Crippen LogP contribution in [-0.4, -0.2) is 33.9 Å². The lowest BCUT2D eigenvalue weighted by Crippen LogP contribution is -2.27. The molecule has 0 radical (unpaired) electrons. The highest BCUT2D eigenvalue weighted by atomic mass is 16.2. The molecule has 5 nitrogen and oxygen atoms in total. The van der Waals surface area contributed by atoms with Crippen molar-refractivity contribution in [3.63, 3.8) is 0 Å². The Kier molecular flexibility index (Phi) is 4.16. The molecule has 2 aromatic rings. The lowest BCUT2D eigenvalue weighted by atomic mass is 10.1. The summed E-state index contributed by atoms with van der Waals surface area (Å²) < 4.78 is 0. The average molecular weight is 260 g/mol. The van der Waals surface area contributed by atoms with E-state index < -0.39 is 0 Å². The molecule has 5 heteroatoms. The highest BCUT2D eigenvalue weighted by molar-refractivity contribution is 5.77. The Balaban J connectivity index is 1.97. The zero-order chi connectivity index (χ0) is 13.8. The van der Waals surface area contributed by atoms with E-state index in [4.69, 9.17) is 5.73 Å². The fourth-order valence-corrected chi connectivity index (χ4v) is 1.99. The molecule has 3 N–H and O–H groups in total. The number of amides is 1. The first-order valence-corrected chi connectivity index (χ1v) is 6.48. The maximum Gasteiger partial charge on any atom is 0.222 e. The number of carbonyl (C=O) groups is 1. The summed E-state index contributed by atoms with van der Waals surface area (Å²) in [5.74, 6) is 0.127. The van der Waals surface area contributed by atoms with Crippen LogP contribution >= 0.6 is 0 Å². The summed E-state index contributed by atoms with van der Waals surface area (Å²) in [6.45, 7) is 2.52. The van der Waals surface area contributed by atoms with E-state index in [2.05, 4.69) is 9.97 Å². The van der Waals surface area contributed by atoms with Crippen LogP contribution in [0.1, 0.15) is 25.3 Å². The highest BCUT2D eigenvalue weighted by Crippen LogP contribution is 2.13. The van der Waals surface area contributed by atoms with Crippen molar-refractivity contribution in [1.29, 1.82) is 0 Å². The summed E-state index contributed by atoms with van der Waals surface area (Å²) in [6, 6.07) is 6.05. The number of aromatic nitrogens is 2. The molecule has 102 valence electrons. The van der Waals surface area contributed by atoms with Crippen LogP contribution in [-0.2, 0) is 11.3 Å². The van der Waals surface area contributed by atoms with Crippen LogP contribution in [0.3, 0.4) is 0 Å². The Labute approximate surface area is 112 Å². The van der Waals surface area contributed by atoms with Gasteiger partial charge in [0.25, 0.3) is 0 Å². The van der Waals surface area contributed by atoms with Gasteiger partial charge in [-0.25, -0.2) is 4.98 Å². The van der Waals surface area contributed by atoms with Gasteiger partial charge in [-0.3, -0.25) is 4.79 Å². The Morgan fingerprint density at radius 3 is 3.05 bits per heavy atom. The minimum Gasteiger partial charge on any atom is -0.345 e. The monoisotopic (exact) mass is 260 g/mol. The van der Waals surface area contributed by atoms with E-state index in [0.29, 0.717) is 13.0 Å². The van der Waals surface area contributed by atoms with Crippen molar-refractivity contribution >= 4 is 16.9 Å². The molecular formula is C14H20N4O. The molecule has 0 aliphatic carbocycles. The predicted molar refractivity (Wildman–Crippen MR) is 75.5 cm³/mol. The zero-order valence-corrected chi connectivity index (χ0v) is 11.4. The first-order valence-electron chi connectivity index (χ1n) is 6.48. The molecule has 0 saturated heterocycles. The largest absolute Gasteiger partial charge is 0.345 e. The SMILES string of the molecule is CC(N)CCC(=O)N(C)Cc1ccc2nc[nH]c2c1. The lowest BCUT2D eigenvalue weighted by molar-refractivity contribution is -0.130. The molecule has 1 atom stereocenters. The van der Waals surface area contributed by atoms with Crippen molar-refractivity contribution in [3.05, 3.63) is 30.1 Å². The van der Waals surface area contributed by atoms with Crippen molar-refractivity contribution < 1.29 is 4.79 Å². The summed E-state index contributed by atoms with van der Waals surface area (Å²) in [5.41, 5.74) is 8.69. The number of hydrogen-bond donors (Lipinski definition) is 2. The summed E-state index contributed by atoms with van der Waals surface area (Å²) >= 11 is 0. The number of imidazole rings is 1. The molecule has 2 rings (SSSR count). The first kappa shape index (κ1) is 13.5. The molecule has 0 fully saturated rings. The molecule has 0 aliphatic heterocycles. The van der Waals surface area contributed by atoms with Gasteiger partial charge in [0.1, 0.15) is 0 Å². The fraction of sp³-hybridized carbons (Fsp3) is 0.429. The molecule has 0 spiro atoms. The third kappa shape index (κ3) is 3.54. The van der Waals surface area contributed by atoms with E-state index in [-0.39, 0.29) is 11.9 Å². The van der Waals surface area contributed by atoms with Gasteiger partial charge < -0.3 is 15.6 Å². The Morgan fingerprint density at radius 2 is 2.32 bits per heavy atom. The van der Waals surface area contributed by atoms with Crippen molar-refractivity contribution in [1.82, 2.24) is 14.9 Å². The normalized spacial score (nSPS) is 12.6. The van der Waals surface area contributed by atoms with Crippen LogP contribution in [0.4, 0.5) is 0 Å². The van der Waals surface area contributed by atoms with E-state index in [0.717, 1.165) is 23.0 Å². The molecule has 1 aromatic heterocycles. The molecule has 0 bridgehead atoms. The predicted octanol–water partition coefficient (Wildman–Crippen LogP) is 1.65. The number of H-pyrrole nitrogens is 1. The number of aromatic amines is 1. The summed E-state index contributed by atoms with van der Waals surface area (Å²) in [5, 5.41) is 0. The van der Waals surface area contributed by atoms with Crippen LogP contribution in [0.5, 0.6) is 0 Å². The van der Waals surface area contributed by atoms with Crippen molar-refractivity contribution in [2.75, 3.05) is 7.05 Å². The number of nitrogens with two attached hydrogens (primary N) is 1. The highest BCUT2D eigenvalue weighted by Gasteiger charge is 2.10. The average Bonchev–Trinajstić information content (AvgIpc) is 2.83. The Morgan fingerprint density at radius 1 is 1.53 bits per heavy atom. The van der Waals surface area contributed by atoms with E-state index in [1.165, 1.54) is 0 Å². The van der Waals surface area contributed by atoms with E-state index in [9.17, 15) is 4.79 Å². The number of carbonyl (C=O) groups excluding carboxylic acids is 1. The number of fused-ring (bicyclic) bond motifs is 1. The van der Waals surface area contributed by atoms with Crippen LogP contribution in [0.15, 0.2) is 24.5 Å². The van der Waals surface area contributed by atoms with Gasteiger partial charge in [0.15, 0.2) is 0 Å². The molecule has 1 unspecified atom stereocenters. The number of nitrogens with zero attached hydrogens (tertiary/aromatic N) is 2. The summed E-state index contributed by atoms with van der Waals surface area (Å²) in [4.78, 5) is 20.9. The molecule has 19 heavy (non-hydrogen) atoms. The second-order valence-electron chi connectivity index (χ2n) is 5.02. The van der Waals surface area contributed by atoms with Gasteiger partial charge in [0, 0.05) is 26.1 Å². The third-order valence-corrected chi connectivity index (χ3v) is 3.14. The third-order valence-electron chi connectivity index (χ3n) is 3.14. The van der Waals surface area contributed by atoms with E-state index >= 15 is 0 Å². The van der Waals surface area contributed by atoms with Gasteiger partial charge in [0.05, 0.1) is 17.4 Å². The zero-order valence-electron chi connectivity index (χ0n) is 11.4. The smallest absolute Gasteiger partial charge is 0.222 e. The van der Waals surface area contributed by atoms with Gasteiger partial charge >= 0.3 is 0 Å². The number of benzene rings is 1. The topological polar surface area (TPSA) is 75.0 Å². The first-order chi connectivity index (χ1) is 9.06. The molecule has 1 amide bonds. The minimum atomic E-state index is 0.0682. The Bertz CT molecular complexity index is 561. The summed E-state index contributed by atoms with van der Waals surface area (Å²) in [7, 11) is 1.82. The molecule has 0 aliphatic rings. The number of nitrogens with one attached hydrogen (secondary N) is 1. The molecule has 1 aromatic carbocycles. The van der Waals surface area contributed by atoms with Crippen LogP contribution in [0, 0.1) is 0 Å². The maximum absolute atomic E-state index is 11.9. The van der Waals surface area contributed by atoms with Crippen molar-refractivity contribution in [2.45, 2.75) is 32.4 Å². The quantitative estimate of drug-likeness (QED) is 0.858. The molecular weight excluding hydrogens is 240 g/mol. The molecule has 1 heterocycles. The minimum absolute atomic E-state index is 0.0682. The number of rotatable bonds is 5.